The Morgan fingerprint density at radius 1 is 0.815 bits per heavy atom. The monoisotopic (exact) mass is 374 g/mol. The van der Waals surface area contributed by atoms with E-state index >= 15 is 0 Å². The minimum absolute atomic E-state index is 0.148. The van der Waals surface area contributed by atoms with Crippen molar-refractivity contribution in [2.75, 3.05) is 13.7 Å². The van der Waals surface area contributed by atoms with Crippen LogP contribution in [0.5, 0.6) is 0 Å². The maximum absolute atomic E-state index is 10.7. The average molecular weight is 374 g/mol. The van der Waals surface area contributed by atoms with Crippen LogP contribution in [0.2, 0.25) is 0 Å². The summed E-state index contributed by atoms with van der Waals surface area (Å²) in [5.74, 6) is 0. The Morgan fingerprint density at radius 3 is 1.85 bits per heavy atom. The Kier molecular flexibility index (Phi) is 7.34. The molecule has 0 radical (unpaired) electrons. The van der Waals surface area contributed by atoms with E-state index in [9.17, 15) is 10.2 Å². The summed E-state index contributed by atoms with van der Waals surface area (Å²) in [4.78, 5) is 0. The van der Waals surface area contributed by atoms with Crippen LogP contribution in [-0.4, -0.2) is 54.6 Å². The van der Waals surface area contributed by atoms with Crippen LogP contribution in [0.3, 0.4) is 0 Å². The Bertz CT molecular complexity index is 665. The van der Waals surface area contributed by atoms with Crippen LogP contribution in [0.25, 0.3) is 0 Å². The second-order valence-corrected chi connectivity index (χ2v) is 6.53. The molecule has 2 N–H and O–H groups in total. The molecule has 2 unspecified atom stereocenters. The van der Waals surface area contributed by atoms with Crippen LogP contribution >= 0.6 is 0 Å². The number of aliphatic hydroxyl groups excluding tert-OH is 2. The zero-order valence-electron chi connectivity index (χ0n) is 15.3. The molecule has 0 saturated carbocycles. The minimum atomic E-state index is -1.22. The first-order valence-electron chi connectivity index (χ1n) is 9.00. The molecule has 0 amide bonds. The summed E-state index contributed by atoms with van der Waals surface area (Å²) < 4.78 is 22.4. The molecule has 1 aliphatic rings. The van der Waals surface area contributed by atoms with Crippen LogP contribution in [-0.2, 0) is 32.2 Å². The number of methoxy groups -OCH3 is 1. The first-order chi connectivity index (χ1) is 13.2. The van der Waals surface area contributed by atoms with Crippen molar-refractivity contribution in [3.63, 3.8) is 0 Å². The fraction of sp³-hybridized carbons (Fsp3) is 0.429. The van der Waals surface area contributed by atoms with Crippen molar-refractivity contribution in [1.82, 2.24) is 0 Å². The fourth-order valence-corrected chi connectivity index (χ4v) is 3.11. The summed E-state index contributed by atoms with van der Waals surface area (Å²) in [5, 5.41) is 21.1. The largest absolute Gasteiger partial charge is 0.387 e. The lowest BCUT2D eigenvalue weighted by Gasteiger charge is -2.42. The molecular formula is C21H26O6. The normalized spacial score (nSPS) is 28.2. The van der Waals surface area contributed by atoms with Crippen LogP contribution in [0.15, 0.2) is 60.7 Å². The Labute approximate surface area is 159 Å². The molecule has 2 aromatic rings. The van der Waals surface area contributed by atoms with E-state index in [1.807, 2.05) is 60.7 Å². The van der Waals surface area contributed by atoms with Gasteiger partial charge in [-0.15, -0.1) is 0 Å². The Balaban J connectivity index is 1.70. The average Bonchev–Trinajstić information content (AvgIpc) is 2.70. The Hall–Kier alpha value is -1.80. The maximum Gasteiger partial charge on any atom is 0.184 e. The second-order valence-electron chi connectivity index (χ2n) is 6.53. The molecule has 0 aliphatic carbocycles. The predicted molar refractivity (Wildman–Crippen MR) is 98.8 cm³/mol. The lowest BCUT2D eigenvalue weighted by atomic mass is 9.98. The van der Waals surface area contributed by atoms with E-state index in [4.69, 9.17) is 18.9 Å². The van der Waals surface area contributed by atoms with Crippen molar-refractivity contribution in [2.24, 2.45) is 0 Å². The molecule has 0 spiro atoms. The number of hydrogen-bond acceptors (Lipinski definition) is 6. The molecule has 146 valence electrons. The highest BCUT2D eigenvalue weighted by Gasteiger charge is 2.46. The van der Waals surface area contributed by atoms with Gasteiger partial charge in [-0.2, -0.15) is 0 Å². The molecule has 5 atom stereocenters. The topological polar surface area (TPSA) is 77.4 Å². The molecule has 1 fully saturated rings. The van der Waals surface area contributed by atoms with Gasteiger partial charge in [0.15, 0.2) is 6.29 Å². The highest BCUT2D eigenvalue weighted by atomic mass is 16.7. The van der Waals surface area contributed by atoms with Crippen molar-refractivity contribution in [1.29, 1.82) is 0 Å². The van der Waals surface area contributed by atoms with Gasteiger partial charge in [-0.1, -0.05) is 60.7 Å². The van der Waals surface area contributed by atoms with Crippen molar-refractivity contribution in [2.45, 2.75) is 43.9 Å². The van der Waals surface area contributed by atoms with E-state index in [1.165, 1.54) is 7.11 Å². The summed E-state index contributed by atoms with van der Waals surface area (Å²) in [6.07, 6.45) is -4.48. The Morgan fingerprint density at radius 2 is 1.33 bits per heavy atom. The lowest BCUT2D eigenvalue weighted by Crippen LogP contribution is -2.60. The van der Waals surface area contributed by atoms with E-state index in [2.05, 4.69) is 0 Å². The van der Waals surface area contributed by atoms with E-state index < -0.39 is 30.7 Å². The van der Waals surface area contributed by atoms with Gasteiger partial charge in [0.2, 0.25) is 0 Å². The third-order valence-corrected chi connectivity index (χ3v) is 4.54. The molecule has 0 bridgehead atoms. The lowest BCUT2D eigenvalue weighted by molar-refractivity contribution is -0.308. The molecule has 1 heterocycles. The summed E-state index contributed by atoms with van der Waals surface area (Å²) >= 11 is 0. The van der Waals surface area contributed by atoms with E-state index in [-0.39, 0.29) is 13.2 Å². The summed E-state index contributed by atoms with van der Waals surface area (Å²) in [6.45, 7) is 0.716. The van der Waals surface area contributed by atoms with Crippen LogP contribution in [0.4, 0.5) is 0 Å². The minimum Gasteiger partial charge on any atom is -0.387 e. The van der Waals surface area contributed by atoms with Gasteiger partial charge in [-0.25, -0.2) is 0 Å². The molecule has 3 rings (SSSR count). The molecule has 1 saturated heterocycles. The molecule has 0 aromatic heterocycles. The molecular weight excluding hydrogens is 348 g/mol. The van der Waals surface area contributed by atoms with Gasteiger partial charge in [0.1, 0.15) is 24.4 Å². The summed E-state index contributed by atoms with van der Waals surface area (Å²) in [6, 6.07) is 19.3. The van der Waals surface area contributed by atoms with Gasteiger partial charge in [-0.05, 0) is 11.1 Å². The highest BCUT2D eigenvalue weighted by Crippen LogP contribution is 2.27. The number of benzene rings is 2. The van der Waals surface area contributed by atoms with Gasteiger partial charge in [0, 0.05) is 7.11 Å². The predicted octanol–water partition coefficient (Wildman–Crippen LogP) is 1.88. The van der Waals surface area contributed by atoms with Crippen molar-refractivity contribution < 1.29 is 29.2 Å². The summed E-state index contributed by atoms with van der Waals surface area (Å²) in [7, 11) is 1.51. The van der Waals surface area contributed by atoms with Crippen molar-refractivity contribution in [3.8, 4) is 0 Å². The zero-order valence-corrected chi connectivity index (χ0v) is 15.3. The second kappa shape index (κ2) is 9.94. The van der Waals surface area contributed by atoms with Gasteiger partial charge < -0.3 is 29.2 Å². The molecule has 2 aromatic carbocycles. The van der Waals surface area contributed by atoms with Crippen LogP contribution < -0.4 is 0 Å². The SMILES string of the molecule is COCC1O[C@@H](O)[C@@H](OCc2ccccc2)[C@@H](OCc2ccccc2)C1O. The van der Waals surface area contributed by atoms with Crippen molar-refractivity contribution in [3.05, 3.63) is 71.8 Å². The fourth-order valence-electron chi connectivity index (χ4n) is 3.11. The third kappa shape index (κ3) is 5.35. The van der Waals surface area contributed by atoms with Gasteiger partial charge in [-0.3, -0.25) is 0 Å². The number of rotatable bonds is 8. The van der Waals surface area contributed by atoms with Gasteiger partial charge >= 0.3 is 0 Å². The first-order valence-corrected chi connectivity index (χ1v) is 9.00. The van der Waals surface area contributed by atoms with Crippen LogP contribution in [0, 0.1) is 0 Å². The zero-order chi connectivity index (χ0) is 19.1. The number of ether oxygens (including phenoxy) is 4. The van der Waals surface area contributed by atoms with Crippen molar-refractivity contribution >= 4 is 0 Å². The van der Waals surface area contributed by atoms with Gasteiger partial charge in [0.25, 0.3) is 0 Å². The molecule has 27 heavy (non-hydrogen) atoms. The standard InChI is InChI=1S/C21H26O6/c1-24-14-17-18(22)19(25-12-15-8-4-2-5-9-15)20(21(23)27-17)26-13-16-10-6-3-7-11-16/h2-11,17-23H,12-14H2,1H3/t17?,18?,19-,20-,21+/m0/s1. The quantitative estimate of drug-likeness (QED) is 0.735. The number of hydrogen-bond donors (Lipinski definition) is 2. The molecule has 6 heteroatoms. The maximum atomic E-state index is 10.7. The van der Waals surface area contributed by atoms with E-state index in [0.29, 0.717) is 6.61 Å². The smallest absolute Gasteiger partial charge is 0.184 e. The van der Waals surface area contributed by atoms with Crippen LogP contribution in [0.1, 0.15) is 11.1 Å². The number of aliphatic hydroxyl groups is 2. The molecule has 1 aliphatic heterocycles. The van der Waals surface area contributed by atoms with E-state index in [0.717, 1.165) is 11.1 Å². The van der Waals surface area contributed by atoms with E-state index in [1.54, 1.807) is 0 Å². The molecule has 6 nitrogen and oxygen atoms in total. The highest BCUT2D eigenvalue weighted by molar-refractivity contribution is 5.14. The summed E-state index contributed by atoms with van der Waals surface area (Å²) in [5.41, 5.74) is 1.93. The van der Waals surface area contributed by atoms with Gasteiger partial charge in [0.05, 0.1) is 19.8 Å². The first kappa shape index (κ1) is 19.9. The third-order valence-electron chi connectivity index (χ3n) is 4.54.